The molecule has 0 rings (SSSR count). The van der Waals surface area contributed by atoms with E-state index in [1.165, 1.54) is 77.0 Å². The van der Waals surface area contributed by atoms with Crippen molar-refractivity contribution in [3.05, 3.63) is 24.8 Å². The third-order valence-corrected chi connectivity index (χ3v) is 3.55. The maximum absolute atomic E-state index is 8.66. The second-order valence-electron chi connectivity index (χ2n) is 5.42. The van der Waals surface area contributed by atoms with Crippen LogP contribution in [-0.2, 0) is 0 Å². The summed E-state index contributed by atoms with van der Waals surface area (Å²) >= 11 is 0. The summed E-state index contributed by atoms with van der Waals surface area (Å²) in [4.78, 5) is 0. The van der Waals surface area contributed by atoms with Crippen molar-refractivity contribution in [2.75, 3.05) is 6.61 Å². The summed E-state index contributed by atoms with van der Waals surface area (Å²) in [6.45, 7) is 4.03. The van der Waals surface area contributed by atoms with Crippen LogP contribution in [0, 0.1) is 0 Å². The second kappa shape index (κ2) is 17.4. The van der Waals surface area contributed by atoms with Crippen molar-refractivity contribution in [1.82, 2.24) is 0 Å². The van der Waals surface area contributed by atoms with E-state index in [4.69, 9.17) is 5.11 Å². The van der Waals surface area contributed by atoms with E-state index in [1.807, 2.05) is 12.2 Å². The number of rotatable bonds is 15. The Kier molecular flexibility index (Phi) is 16.9. The molecule has 0 aliphatic rings. The molecule has 0 aliphatic heterocycles. The minimum absolute atomic E-state index is 0.364. The van der Waals surface area contributed by atoms with Gasteiger partial charge in [-0.25, -0.2) is 0 Å². The maximum atomic E-state index is 8.66. The molecule has 1 N–H and O–H groups in total. The molecule has 0 atom stereocenters. The molecule has 0 saturated carbocycles. The largest absolute Gasteiger partial charge is 0.396 e. The van der Waals surface area contributed by atoms with Gasteiger partial charge in [0.25, 0.3) is 0 Å². The zero-order valence-corrected chi connectivity index (χ0v) is 12.8. The lowest BCUT2D eigenvalue weighted by molar-refractivity contribution is 0.282. The molecule has 0 bridgehead atoms. The van der Waals surface area contributed by atoms with Gasteiger partial charge in [-0.1, -0.05) is 89.0 Å². The van der Waals surface area contributed by atoms with Gasteiger partial charge >= 0.3 is 0 Å². The number of unbranched alkanes of at least 4 members (excludes halogenated alkanes) is 12. The van der Waals surface area contributed by atoms with Crippen LogP contribution in [0.5, 0.6) is 0 Å². The van der Waals surface area contributed by atoms with E-state index in [2.05, 4.69) is 12.7 Å². The first kappa shape index (κ1) is 18.4. The molecule has 0 aromatic heterocycles. The zero-order valence-electron chi connectivity index (χ0n) is 12.8. The van der Waals surface area contributed by atoms with E-state index in [0.29, 0.717) is 6.61 Å². The Balaban J connectivity index is 2.95. The minimum Gasteiger partial charge on any atom is -0.396 e. The normalized spacial score (nSPS) is 11.2. The van der Waals surface area contributed by atoms with Crippen LogP contribution >= 0.6 is 0 Å². The monoisotopic (exact) mass is 266 g/mol. The van der Waals surface area contributed by atoms with Gasteiger partial charge in [0.15, 0.2) is 0 Å². The highest BCUT2D eigenvalue weighted by Crippen LogP contribution is 2.12. The third kappa shape index (κ3) is 17.4. The van der Waals surface area contributed by atoms with Crippen molar-refractivity contribution in [2.24, 2.45) is 0 Å². The fourth-order valence-corrected chi connectivity index (χ4v) is 2.33. The quantitative estimate of drug-likeness (QED) is 0.294. The van der Waals surface area contributed by atoms with E-state index in [-0.39, 0.29) is 0 Å². The van der Waals surface area contributed by atoms with E-state index in [9.17, 15) is 0 Å². The van der Waals surface area contributed by atoms with Crippen LogP contribution in [0.25, 0.3) is 0 Å². The number of hydrogen-bond acceptors (Lipinski definition) is 1. The lowest BCUT2D eigenvalue weighted by Gasteiger charge is -2.02. The van der Waals surface area contributed by atoms with Gasteiger partial charge in [-0.15, -0.1) is 0 Å². The van der Waals surface area contributed by atoms with E-state index in [1.54, 1.807) is 0 Å². The molecule has 0 radical (unpaired) electrons. The SMILES string of the molecule is C=C/C=C/CCCCCCCCCCCCCCO. The Morgan fingerprint density at radius 3 is 1.47 bits per heavy atom. The predicted octanol–water partition coefficient (Wildman–Crippen LogP) is 5.79. The van der Waals surface area contributed by atoms with E-state index >= 15 is 0 Å². The average Bonchev–Trinajstić information content (AvgIpc) is 2.43. The smallest absolute Gasteiger partial charge is 0.0431 e. The van der Waals surface area contributed by atoms with Crippen LogP contribution in [-0.4, -0.2) is 11.7 Å². The Morgan fingerprint density at radius 1 is 0.632 bits per heavy atom. The highest BCUT2D eigenvalue weighted by atomic mass is 16.2. The van der Waals surface area contributed by atoms with Gasteiger partial charge in [0.2, 0.25) is 0 Å². The summed E-state index contributed by atoms with van der Waals surface area (Å²) in [5.41, 5.74) is 0. The van der Waals surface area contributed by atoms with Crippen LogP contribution in [0.3, 0.4) is 0 Å². The molecule has 112 valence electrons. The molecule has 1 nitrogen and oxygen atoms in total. The Bertz CT molecular complexity index is 196. The van der Waals surface area contributed by atoms with Crippen molar-refractivity contribution in [3.63, 3.8) is 0 Å². The fraction of sp³-hybridized carbons (Fsp3) is 0.778. The van der Waals surface area contributed by atoms with Crippen molar-refractivity contribution in [2.45, 2.75) is 83.5 Å². The van der Waals surface area contributed by atoms with Gasteiger partial charge in [0.05, 0.1) is 0 Å². The van der Waals surface area contributed by atoms with Crippen molar-refractivity contribution < 1.29 is 5.11 Å². The average molecular weight is 266 g/mol. The van der Waals surface area contributed by atoms with Crippen LogP contribution in [0.15, 0.2) is 24.8 Å². The van der Waals surface area contributed by atoms with Crippen molar-refractivity contribution >= 4 is 0 Å². The van der Waals surface area contributed by atoms with Gasteiger partial charge in [-0.2, -0.15) is 0 Å². The first-order valence-electron chi connectivity index (χ1n) is 8.30. The van der Waals surface area contributed by atoms with Gasteiger partial charge < -0.3 is 5.11 Å². The number of allylic oxidation sites excluding steroid dienone is 3. The molecule has 0 heterocycles. The van der Waals surface area contributed by atoms with Crippen molar-refractivity contribution in [1.29, 1.82) is 0 Å². The summed E-state index contributed by atoms with van der Waals surface area (Å²) in [6.07, 6.45) is 23.3. The highest BCUT2D eigenvalue weighted by molar-refractivity contribution is 4.96. The molecule has 0 unspecified atom stereocenters. The van der Waals surface area contributed by atoms with Crippen LogP contribution in [0.1, 0.15) is 83.5 Å². The molecule has 0 aromatic rings. The first-order chi connectivity index (χ1) is 9.41. The standard InChI is InChI=1S/C18H34O/c1-2-3-4-5-6-7-8-9-10-11-12-13-14-15-16-17-18-19/h2-4,19H,1,5-18H2/b4-3+. The summed E-state index contributed by atoms with van der Waals surface area (Å²) in [6, 6.07) is 0. The number of aliphatic hydroxyl groups is 1. The summed E-state index contributed by atoms with van der Waals surface area (Å²) in [5.74, 6) is 0. The van der Waals surface area contributed by atoms with Crippen LogP contribution < -0.4 is 0 Å². The molecular formula is C18H34O. The maximum Gasteiger partial charge on any atom is 0.0431 e. The number of aliphatic hydroxyl groups excluding tert-OH is 1. The van der Waals surface area contributed by atoms with Crippen LogP contribution in [0.2, 0.25) is 0 Å². The van der Waals surface area contributed by atoms with E-state index < -0.39 is 0 Å². The molecule has 0 spiro atoms. The summed E-state index contributed by atoms with van der Waals surface area (Å²) < 4.78 is 0. The molecule has 19 heavy (non-hydrogen) atoms. The second-order valence-corrected chi connectivity index (χ2v) is 5.42. The molecule has 0 saturated heterocycles. The minimum atomic E-state index is 0.364. The lowest BCUT2D eigenvalue weighted by atomic mass is 10.0. The topological polar surface area (TPSA) is 20.2 Å². The molecule has 0 aromatic carbocycles. The molecular weight excluding hydrogens is 232 g/mol. The van der Waals surface area contributed by atoms with Gasteiger partial charge in [0.1, 0.15) is 0 Å². The highest BCUT2D eigenvalue weighted by Gasteiger charge is 1.93. The third-order valence-electron chi connectivity index (χ3n) is 3.55. The molecule has 0 amide bonds. The number of hydrogen-bond donors (Lipinski definition) is 1. The molecule has 0 fully saturated rings. The lowest BCUT2D eigenvalue weighted by Crippen LogP contribution is -1.84. The Labute approximate surface area is 120 Å². The summed E-state index contributed by atoms with van der Waals surface area (Å²) in [5, 5.41) is 8.66. The van der Waals surface area contributed by atoms with Gasteiger partial charge in [-0.3, -0.25) is 0 Å². The van der Waals surface area contributed by atoms with Crippen molar-refractivity contribution in [3.8, 4) is 0 Å². The molecule has 0 aliphatic carbocycles. The Morgan fingerprint density at radius 2 is 1.05 bits per heavy atom. The predicted molar refractivity (Wildman–Crippen MR) is 86.4 cm³/mol. The zero-order chi connectivity index (χ0) is 14.0. The fourth-order valence-electron chi connectivity index (χ4n) is 2.33. The van der Waals surface area contributed by atoms with Gasteiger partial charge in [-0.05, 0) is 19.3 Å². The van der Waals surface area contributed by atoms with E-state index in [0.717, 1.165) is 6.42 Å². The first-order valence-corrected chi connectivity index (χ1v) is 8.30. The summed E-state index contributed by atoms with van der Waals surface area (Å²) in [7, 11) is 0. The van der Waals surface area contributed by atoms with Gasteiger partial charge in [0, 0.05) is 6.61 Å². The Hall–Kier alpha value is -0.560. The van der Waals surface area contributed by atoms with Crippen LogP contribution in [0.4, 0.5) is 0 Å². The molecule has 1 heteroatoms.